The van der Waals surface area contributed by atoms with Crippen LogP contribution in [0.2, 0.25) is 0 Å². The summed E-state index contributed by atoms with van der Waals surface area (Å²) in [7, 11) is 0. The number of carboxylic acids is 1. The highest BCUT2D eigenvalue weighted by atomic mass is 16.5. The van der Waals surface area contributed by atoms with E-state index in [1.54, 1.807) is 0 Å². The molecule has 41 heavy (non-hydrogen) atoms. The Hall–Kier alpha value is -1.22. The first-order valence-electron chi connectivity index (χ1n) is 17.1. The Labute approximate surface area is 250 Å². The van der Waals surface area contributed by atoms with Crippen molar-refractivity contribution in [2.75, 3.05) is 6.54 Å². The van der Waals surface area contributed by atoms with Gasteiger partial charge in [0.05, 0.1) is 6.04 Å². The average Bonchev–Trinajstić information content (AvgIpc) is 2.95. The molecule has 6 N–H and O–H groups in total. The van der Waals surface area contributed by atoms with Crippen LogP contribution in [0.25, 0.3) is 0 Å². The van der Waals surface area contributed by atoms with Crippen molar-refractivity contribution in [3.63, 3.8) is 0 Å². The fourth-order valence-corrected chi connectivity index (χ4v) is 6.08. The summed E-state index contributed by atoms with van der Waals surface area (Å²) in [6.45, 7) is 2.70. The largest absolute Gasteiger partial charge is 0.481 e. The second-order valence-corrected chi connectivity index (χ2v) is 12.6. The van der Waals surface area contributed by atoms with Crippen LogP contribution in [0.15, 0.2) is 0 Å². The number of unbranched alkanes of at least 4 members (excludes halogenated alkanes) is 15. The Bertz CT molecular complexity index is 639. The standard InChI is InChI=1S/C33H64N2O6/c1-2-19-29(33(40)41)35-32(39)28-24-22-27(23-25-28)26-34-30(36)20-17-15-13-11-9-7-5-3-4-6-8-10-12-14-16-18-21-31(37)38/h27-29,32-33,35,39-41H,2-26H2,1H3,(H,34,36)(H,37,38). The number of carboxylic acid groups (broad SMARTS) is 1. The third kappa shape index (κ3) is 21.2. The molecule has 0 aromatic carbocycles. The zero-order chi connectivity index (χ0) is 30.1. The zero-order valence-electron chi connectivity index (χ0n) is 26.2. The van der Waals surface area contributed by atoms with Gasteiger partial charge in [-0.1, -0.05) is 103 Å². The second kappa shape index (κ2) is 25.3. The highest BCUT2D eigenvalue weighted by Crippen LogP contribution is 2.30. The van der Waals surface area contributed by atoms with E-state index < -0.39 is 24.5 Å². The minimum Gasteiger partial charge on any atom is -0.481 e. The van der Waals surface area contributed by atoms with Crippen LogP contribution in [-0.4, -0.2) is 57.4 Å². The van der Waals surface area contributed by atoms with Crippen LogP contribution in [0.5, 0.6) is 0 Å². The van der Waals surface area contributed by atoms with Gasteiger partial charge >= 0.3 is 5.97 Å². The summed E-state index contributed by atoms with van der Waals surface area (Å²) in [6, 6.07) is -0.501. The van der Waals surface area contributed by atoms with E-state index in [-0.39, 0.29) is 11.8 Å². The number of carbonyl (C=O) groups excluding carboxylic acids is 1. The number of aliphatic carboxylic acids is 1. The van der Waals surface area contributed by atoms with E-state index >= 15 is 0 Å². The molecule has 0 heterocycles. The predicted octanol–water partition coefficient (Wildman–Crippen LogP) is 6.40. The summed E-state index contributed by atoms with van der Waals surface area (Å²) in [6.07, 6.45) is 23.3. The molecule has 0 radical (unpaired) electrons. The van der Waals surface area contributed by atoms with Crippen molar-refractivity contribution in [1.82, 2.24) is 10.6 Å². The van der Waals surface area contributed by atoms with Gasteiger partial charge in [-0.3, -0.25) is 14.9 Å². The highest BCUT2D eigenvalue weighted by Gasteiger charge is 2.29. The van der Waals surface area contributed by atoms with Gasteiger partial charge in [0.2, 0.25) is 5.91 Å². The van der Waals surface area contributed by atoms with Gasteiger partial charge < -0.3 is 25.7 Å². The molecule has 242 valence electrons. The third-order valence-corrected chi connectivity index (χ3v) is 8.81. The second-order valence-electron chi connectivity index (χ2n) is 12.6. The van der Waals surface area contributed by atoms with Crippen LogP contribution in [-0.2, 0) is 9.59 Å². The fourth-order valence-electron chi connectivity index (χ4n) is 6.08. The van der Waals surface area contributed by atoms with E-state index in [9.17, 15) is 24.9 Å². The molecule has 2 atom stereocenters. The van der Waals surface area contributed by atoms with Crippen LogP contribution < -0.4 is 10.6 Å². The molecule has 0 saturated heterocycles. The van der Waals surface area contributed by atoms with E-state index in [1.807, 2.05) is 6.92 Å². The van der Waals surface area contributed by atoms with E-state index in [2.05, 4.69) is 10.6 Å². The van der Waals surface area contributed by atoms with Crippen LogP contribution in [0.3, 0.4) is 0 Å². The number of hydrogen-bond acceptors (Lipinski definition) is 6. The Balaban J connectivity index is 1.88. The summed E-state index contributed by atoms with van der Waals surface area (Å²) >= 11 is 0. The quantitative estimate of drug-likeness (QED) is 0.0485. The molecule has 1 rings (SSSR count). The third-order valence-electron chi connectivity index (χ3n) is 8.81. The molecule has 1 saturated carbocycles. The Morgan fingerprint density at radius 1 is 0.683 bits per heavy atom. The highest BCUT2D eigenvalue weighted by molar-refractivity contribution is 5.75. The molecule has 0 aromatic rings. The van der Waals surface area contributed by atoms with Gasteiger partial charge in [-0.2, -0.15) is 0 Å². The number of amides is 1. The molecule has 1 aliphatic carbocycles. The van der Waals surface area contributed by atoms with Gasteiger partial charge in [-0.25, -0.2) is 0 Å². The van der Waals surface area contributed by atoms with Crippen LogP contribution in [0.4, 0.5) is 0 Å². The molecule has 0 aliphatic heterocycles. The number of aliphatic hydroxyl groups excluding tert-OH is 2. The lowest BCUT2D eigenvalue weighted by Crippen LogP contribution is -2.49. The van der Waals surface area contributed by atoms with Crippen molar-refractivity contribution in [3.05, 3.63) is 0 Å². The number of nitrogens with one attached hydrogen (secondary N) is 2. The minimum atomic E-state index is -1.46. The topological polar surface area (TPSA) is 139 Å². The normalized spacial score (nSPS) is 18.9. The van der Waals surface area contributed by atoms with Gasteiger partial charge in [0.25, 0.3) is 0 Å². The molecule has 0 bridgehead atoms. The van der Waals surface area contributed by atoms with Crippen molar-refractivity contribution in [2.24, 2.45) is 11.8 Å². The van der Waals surface area contributed by atoms with Crippen LogP contribution >= 0.6 is 0 Å². The maximum Gasteiger partial charge on any atom is 0.303 e. The molecule has 1 amide bonds. The van der Waals surface area contributed by atoms with Gasteiger partial charge in [-0.05, 0) is 56.8 Å². The van der Waals surface area contributed by atoms with Crippen molar-refractivity contribution >= 4 is 11.9 Å². The first-order valence-corrected chi connectivity index (χ1v) is 17.1. The molecule has 0 spiro atoms. The Kier molecular flexibility index (Phi) is 23.3. The maximum absolute atomic E-state index is 12.3. The monoisotopic (exact) mass is 584 g/mol. The van der Waals surface area contributed by atoms with Gasteiger partial charge in [-0.15, -0.1) is 0 Å². The number of carbonyl (C=O) groups is 2. The zero-order valence-corrected chi connectivity index (χ0v) is 26.2. The van der Waals surface area contributed by atoms with Gasteiger partial charge in [0, 0.05) is 19.4 Å². The summed E-state index contributed by atoms with van der Waals surface area (Å²) in [5.74, 6) is 0.0553. The van der Waals surface area contributed by atoms with Crippen LogP contribution in [0.1, 0.15) is 161 Å². The van der Waals surface area contributed by atoms with E-state index in [1.165, 1.54) is 77.0 Å². The smallest absolute Gasteiger partial charge is 0.303 e. The lowest BCUT2D eigenvalue weighted by Gasteiger charge is -2.34. The van der Waals surface area contributed by atoms with Gasteiger partial charge in [0.1, 0.15) is 6.23 Å². The SMILES string of the molecule is CCCC(NC(O)C1CCC(CNC(=O)CCCCCCCCCCCCCCCCCCC(=O)O)CC1)C(O)O. The molecule has 1 fully saturated rings. The molecular weight excluding hydrogens is 520 g/mol. The number of rotatable bonds is 27. The molecule has 0 aromatic heterocycles. The van der Waals surface area contributed by atoms with E-state index in [0.29, 0.717) is 25.2 Å². The summed E-state index contributed by atoms with van der Waals surface area (Å²) in [4.78, 5) is 22.7. The predicted molar refractivity (Wildman–Crippen MR) is 165 cm³/mol. The molecular formula is C33H64N2O6. The summed E-state index contributed by atoms with van der Waals surface area (Å²) < 4.78 is 0. The van der Waals surface area contributed by atoms with Crippen molar-refractivity contribution in [1.29, 1.82) is 0 Å². The Morgan fingerprint density at radius 2 is 1.12 bits per heavy atom. The lowest BCUT2D eigenvalue weighted by atomic mass is 9.81. The summed E-state index contributed by atoms with van der Waals surface area (Å²) in [5, 5.41) is 44.2. The minimum absolute atomic E-state index is 0.116. The van der Waals surface area contributed by atoms with Crippen molar-refractivity contribution in [3.8, 4) is 0 Å². The van der Waals surface area contributed by atoms with Gasteiger partial charge in [0.15, 0.2) is 6.29 Å². The maximum atomic E-state index is 12.3. The average molecular weight is 585 g/mol. The Morgan fingerprint density at radius 3 is 1.54 bits per heavy atom. The van der Waals surface area contributed by atoms with Crippen LogP contribution in [0, 0.1) is 11.8 Å². The first kappa shape index (κ1) is 37.8. The summed E-state index contributed by atoms with van der Waals surface area (Å²) in [5.41, 5.74) is 0. The first-order chi connectivity index (χ1) is 19.8. The van der Waals surface area contributed by atoms with Crippen molar-refractivity contribution in [2.45, 2.75) is 180 Å². The molecule has 8 nitrogen and oxygen atoms in total. The van der Waals surface area contributed by atoms with Crippen molar-refractivity contribution < 1.29 is 30.0 Å². The molecule has 1 aliphatic rings. The van der Waals surface area contributed by atoms with E-state index in [0.717, 1.165) is 64.3 Å². The number of aliphatic hydroxyl groups is 3. The van der Waals surface area contributed by atoms with E-state index in [4.69, 9.17) is 5.11 Å². The molecule has 2 unspecified atom stereocenters. The molecule has 8 heteroatoms. The fraction of sp³-hybridized carbons (Fsp3) is 0.939. The number of hydrogen-bond donors (Lipinski definition) is 6. The lowest BCUT2D eigenvalue weighted by molar-refractivity contribution is -0.137.